The highest BCUT2D eigenvalue weighted by Crippen LogP contribution is 2.20. The maximum atomic E-state index is 13.2. The second-order valence-electron chi connectivity index (χ2n) is 6.11. The number of hydrogen-bond donors (Lipinski definition) is 1. The van der Waals surface area contributed by atoms with Gasteiger partial charge in [-0.25, -0.2) is 13.6 Å². The van der Waals surface area contributed by atoms with Gasteiger partial charge in [-0.2, -0.15) is 0 Å². The molecule has 2 atom stereocenters. The van der Waals surface area contributed by atoms with Crippen LogP contribution in [-0.4, -0.2) is 30.4 Å². The number of hydrogen-bond acceptors (Lipinski definition) is 3. The van der Waals surface area contributed by atoms with E-state index >= 15 is 0 Å². The van der Waals surface area contributed by atoms with Crippen LogP contribution in [0.4, 0.5) is 13.6 Å². The molecule has 0 radical (unpaired) electrons. The van der Waals surface area contributed by atoms with E-state index in [1.165, 1.54) is 12.1 Å². The number of benzene rings is 1. The van der Waals surface area contributed by atoms with Gasteiger partial charge in [0.05, 0.1) is 12.6 Å². The highest BCUT2D eigenvalue weighted by molar-refractivity contribution is 5.68. The summed E-state index contributed by atoms with van der Waals surface area (Å²) in [7, 11) is 0. The number of halogens is 2. The highest BCUT2D eigenvalue weighted by atomic mass is 19.1. The van der Waals surface area contributed by atoms with Crippen molar-refractivity contribution in [3.8, 4) is 0 Å². The molecule has 0 aliphatic carbocycles. The Labute approximate surface area is 122 Å². The maximum Gasteiger partial charge on any atom is 0.407 e. The predicted octanol–water partition coefficient (Wildman–Crippen LogP) is 2.80. The van der Waals surface area contributed by atoms with E-state index in [1.54, 1.807) is 20.8 Å². The summed E-state index contributed by atoms with van der Waals surface area (Å²) in [5, 5.41) is 2.69. The van der Waals surface area contributed by atoms with Gasteiger partial charge in [0.25, 0.3) is 0 Å². The van der Waals surface area contributed by atoms with Crippen molar-refractivity contribution in [2.75, 3.05) is 6.61 Å². The van der Waals surface area contributed by atoms with Crippen LogP contribution in [0.15, 0.2) is 18.2 Å². The molecule has 1 heterocycles. The van der Waals surface area contributed by atoms with E-state index in [9.17, 15) is 13.6 Å². The van der Waals surface area contributed by atoms with E-state index < -0.39 is 23.3 Å². The molecule has 21 heavy (non-hydrogen) atoms. The minimum atomic E-state index is -0.641. The number of epoxide rings is 1. The monoisotopic (exact) mass is 299 g/mol. The first-order valence-corrected chi connectivity index (χ1v) is 6.79. The first kappa shape index (κ1) is 15.7. The third-order valence-corrected chi connectivity index (χ3v) is 2.89. The van der Waals surface area contributed by atoms with Gasteiger partial charge in [0.15, 0.2) is 0 Å². The van der Waals surface area contributed by atoms with Gasteiger partial charge >= 0.3 is 6.09 Å². The van der Waals surface area contributed by atoms with Crippen molar-refractivity contribution in [3.05, 3.63) is 35.4 Å². The summed E-state index contributed by atoms with van der Waals surface area (Å²) in [4.78, 5) is 11.8. The van der Waals surface area contributed by atoms with E-state index in [-0.39, 0.29) is 18.6 Å². The zero-order chi connectivity index (χ0) is 15.6. The van der Waals surface area contributed by atoms with Gasteiger partial charge in [-0.1, -0.05) is 0 Å². The van der Waals surface area contributed by atoms with Crippen LogP contribution in [-0.2, 0) is 15.9 Å². The van der Waals surface area contributed by atoms with Crippen molar-refractivity contribution in [3.63, 3.8) is 0 Å². The maximum absolute atomic E-state index is 13.2. The molecule has 0 aromatic heterocycles. The number of alkyl carbamates (subject to hydrolysis) is 1. The molecule has 1 fully saturated rings. The number of carbonyl (C=O) groups is 1. The van der Waals surface area contributed by atoms with Crippen LogP contribution in [0.1, 0.15) is 26.3 Å². The minimum absolute atomic E-state index is 0.149. The van der Waals surface area contributed by atoms with Crippen LogP contribution in [0, 0.1) is 11.6 Å². The minimum Gasteiger partial charge on any atom is -0.444 e. The lowest BCUT2D eigenvalue weighted by molar-refractivity contribution is 0.0495. The number of nitrogens with one attached hydrogen (secondary N) is 1. The number of ether oxygens (including phenoxy) is 2. The lowest BCUT2D eigenvalue weighted by atomic mass is 10.0. The number of carbonyl (C=O) groups excluding carboxylic acids is 1. The van der Waals surface area contributed by atoms with Gasteiger partial charge in [-0.15, -0.1) is 0 Å². The Morgan fingerprint density at radius 1 is 1.38 bits per heavy atom. The first-order valence-electron chi connectivity index (χ1n) is 6.79. The van der Waals surface area contributed by atoms with Gasteiger partial charge in [-0.3, -0.25) is 0 Å². The van der Waals surface area contributed by atoms with Crippen molar-refractivity contribution in [1.29, 1.82) is 0 Å². The second kappa shape index (κ2) is 5.97. The summed E-state index contributed by atoms with van der Waals surface area (Å²) >= 11 is 0. The van der Waals surface area contributed by atoms with E-state index in [4.69, 9.17) is 9.47 Å². The van der Waals surface area contributed by atoms with Crippen LogP contribution in [0.5, 0.6) is 0 Å². The van der Waals surface area contributed by atoms with E-state index in [2.05, 4.69) is 5.32 Å². The Hall–Kier alpha value is -1.69. The van der Waals surface area contributed by atoms with Gasteiger partial charge in [-0.05, 0) is 44.9 Å². The Kier molecular flexibility index (Phi) is 4.46. The largest absolute Gasteiger partial charge is 0.444 e. The molecule has 1 aromatic rings. The molecule has 0 unspecified atom stereocenters. The molecule has 1 saturated heterocycles. The molecule has 1 aromatic carbocycles. The molecule has 1 aliphatic heterocycles. The molecule has 0 saturated carbocycles. The van der Waals surface area contributed by atoms with E-state index in [0.717, 1.165) is 6.07 Å². The quantitative estimate of drug-likeness (QED) is 0.870. The number of rotatable bonds is 4. The lowest BCUT2D eigenvalue weighted by Crippen LogP contribution is -2.43. The molecule has 6 heteroatoms. The summed E-state index contributed by atoms with van der Waals surface area (Å²) in [5.74, 6) is -1.28. The fourth-order valence-electron chi connectivity index (χ4n) is 2.00. The molecule has 2 rings (SSSR count). The summed E-state index contributed by atoms with van der Waals surface area (Å²) in [6.45, 7) is 5.80. The SMILES string of the molecule is CC(C)(C)OC(=O)N[C@@H](Cc1cc(F)cc(F)c1)[C@@H]1CO1. The van der Waals surface area contributed by atoms with Gasteiger partial charge < -0.3 is 14.8 Å². The van der Waals surface area contributed by atoms with Crippen LogP contribution in [0.25, 0.3) is 0 Å². The molecule has 1 amide bonds. The van der Waals surface area contributed by atoms with Crippen molar-refractivity contribution in [2.45, 2.75) is 44.9 Å². The summed E-state index contributed by atoms with van der Waals surface area (Å²) < 4.78 is 36.7. The molecular formula is C15H19F2NO3. The highest BCUT2D eigenvalue weighted by Gasteiger charge is 2.35. The number of amides is 1. The predicted molar refractivity (Wildman–Crippen MR) is 73.0 cm³/mol. The zero-order valence-electron chi connectivity index (χ0n) is 12.3. The van der Waals surface area contributed by atoms with Crippen molar-refractivity contribution < 1.29 is 23.0 Å². The van der Waals surface area contributed by atoms with Crippen LogP contribution < -0.4 is 5.32 Å². The zero-order valence-corrected chi connectivity index (χ0v) is 12.3. The average molecular weight is 299 g/mol. The van der Waals surface area contributed by atoms with E-state index in [1.807, 2.05) is 0 Å². The third-order valence-electron chi connectivity index (χ3n) is 2.89. The first-order chi connectivity index (χ1) is 9.73. The van der Waals surface area contributed by atoms with Crippen molar-refractivity contribution >= 4 is 6.09 Å². The Morgan fingerprint density at radius 2 is 1.95 bits per heavy atom. The molecule has 1 N–H and O–H groups in total. The fourth-order valence-corrected chi connectivity index (χ4v) is 2.00. The summed E-state index contributed by atoms with van der Waals surface area (Å²) in [6, 6.07) is 2.93. The standard InChI is InChI=1S/C15H19F2NO3/c1-15(2,3)21-14(19)18-12(13-8-20-13)6-9-4-10(16)7-11(17)5-9/h4-5,7,12-13H,6,8H2,1-3H3,(H,18,19)/t12-,13-/m0/s1. The molecule has 4 nitrogen and oxygen atoms in total. The van der Waals surface area contributed by atoms with Crippen LogP contribution >= 0.6 is 0 Å². The Balaban J connectivity index is 2.01. The topological polar surface area (TPSA) is 50.9 Å². The van der Waals surface area contributed by atoms with Crippen molar-refractivity contribution in [2.24, 2.45) is 0 Å². The van der Waals surface area contributed by atoms with Crippen LogP contribution in [0.2, 0.25) is 0 Å². The normalized spacial score (nSPS) is 19.0. The fraction of sp³-hybridized carbons (Fsp3) is 0.533. The summed E-state index contributed by atoms with van der Waals surface area (Å²) in [6.07, 6.45) is -0.442. The van der Waals surface area contributed by atoms with Gasteiger partial charge in [0, 0.05) is 6.07 Å². The van der Waals surface area contributed by atoms with Crippen LogP contribution in [0.3, 0.4) is 0 Å². The Morgan fingerprint density at radius 3 is 2.43 bits per heavy atom. The molecule has 0 bridgehead atoms. The molecule has 1 aliphatic rings. The van der Waals surface area contributed by atoms with Gasteiger partial charge in [0.2, 0.25) is 0 Å². The molecular weight excluding hydrogens is 280 g/mol. The third kappa shape index (κ3) is 5.30. The Bertz CT molecular complexity index is 504. The lowest BCUT2D eigenvalue weighted by Gasteiger charge is -2.23. The van der Waals surface area contributed by atoms with E-state index in [0.29, 0.717) is 12.2 Å². The molecule has 116 valence electrons. The van der Waals surface area contributed by atoms with Gasteiger partial charge in [0.1, 0.15) is 23.3 Å². The smallest absolute Gasteiger partial charge is 0.407 e. The summed E-state index contributed by atoms with van der Waals surface area (Å²) in [5.41, 5.74) is -0.145. The second-order valence-corrected chi connectivity index (χ2v) is 6.11. The molecule has 0 spiro atoms. The van der Waals surface area contributed by atoms with Crippen molar-refractivity contribution in [1.82, 2.24) is 5.32 Å². The average Bonchev–Trinajstić information content (AvgIpc) is 3.06.